The average molecular weight is 376 g/mol. The van der Waals surface area contributed by atoms with Gasteiger partial charge in [-0.3, -0.25) is 14.4 Å². The Hall–Kier alpha value is -2.80. The van der Waals surface area contributed by atoms with Crippen molar-refractivity contribution in [3.63, 3.8) is 0 Å². The van der Waals surface area contributed by atoms with Crippen LogP contribution < -0.4 is 10.6 Å². The Morgan fingerprint density at radius 2 is 2.19 bits per heavy atom. The zero-order valence-electron chi connectivity index (χ0n) is 14.1. The number of nitrogens with one attached hydrogen (secondary N) is 2. The van der Waals surface area contributed by atoms with Crippen LogP contribution in [0.15, 0.2) is 41.0 Å². The molecule has 0 radical (unpaired) electrons. The number of anilines is 1. The van der Waals surface area contributed by atoms with E-state index in [0.29, 0.717) is 23.8 Å². The van der Waals surface area contributed by atoms with E-state index in [2.05, 4.69) is 10.6 Å². The van der Waals surface area contributed by atoms with E-state index in [-0.39, 0.29) is 24.0 Å². The van der Waals surface area contributed by atoms with Crippen molar-refractivity contribution in [3.8, 4) is 0 Å². The Bertz CT molecular complexity index is 835. The van der Waals surface area contributed by atoms with Crippen LogP contribution >= 0.6 is 11.6 Å². The van der Waals surface area contributed by atoms with Crippen LogP contribution in [0.25, 0.3) is 0 Å². The Balaban J connectivity index is 1.74. The molecule has 1 saturated heterocycles. The zero-order valence-corrected chi connectivity index (χ0v) is 14.9. The predicted octanol–water partition coefficient (Wildman–Crippen LogP) is 2.21. The minimum atomic E-state index is -0.902. The van der Waals surface area contributed by atoms with E-state index < -0.39 is 11.9 Å². The summed E-state index contributed by atoms with van der Waals surface area (Å²) in [6.45, 7) is 2.47. The lowest BCUT2D eigenvalue weighted by atomic mass is 10.1. The molecule has 1 aromatic heterocycles. The number of hydrogen-bond donors (Lipinski definition) is 2. The summed E-state index contributed by atoms with van der Waals surface area (Å²) in [5.74, 6) is -1.03. The highest BCUT2D eigenvalue weighted by molar-refractivity contribution is 6.31. The third-order valence-corrected chi connectivity index (χ3v) is 4.41. The topological polar surface area (TPSA) is 91.7 Å². The number of benzene rings is 1. The first-order chi connectivity index (χ1) is 12.5. The Labute approximate surface area is 155 Å². The van der Waals surface area contributed by atoms with Crippen LogP contribution in [0.3, 0.4) is 0 Å². The van der Waals surface area contributed by atoms with Gasteiger partial charge in [-0.05, 0) is 36.8 Å². The normalized spacial score (nSPS) is 16.9. The molecule has 136 valence electrons. The molecule has 2 heterocycles. The maximum atomic E-state index is 12.6. The second kappa shape index (κ2) is 7.61. The van der Waals surface area contributed by atoms with Crippen LogP contribution in [0.2, 0.25) is 5.02 Å². The predicted molar refractivity (Wildman–Crippen MR) is 96.0 cm³/mol. The summed E-state index contributed by atoms with van der Waals surface area (Å²) < 4.78 is 5.12. The van der Waals surface area contributed by atoms with Crippen LogP contribution in [-0.2, 0) is 9.59 Å². The van der Waals surface area contributed by atoms with E-state index in [1.807, 2.05) is 6.92 Å². The number of aryl methyl sites for hydroxylation is 1. The summed E-state index contributed by atoms with van der Waals surface area (Å²) in [7, 11) is 0. The van der Waals surface area contributed by atoms with Gasteiger partial charge in [0.15, 0.2) is 5.76 Å². The maximum absolute atomic E-state index is 12.6. The molecular formula is C18H18ClN3O4. The molecule has 2 aromatic rings. The summed E-state index contributed by atoms with van der Waals surface area (Å²) in [6.07, 6.45) is 1.23. The first kappa shape index (κ1) is 18.0. The van der Waals surface area contributed by atoms with E-state index in [4.69, 9.17) is 16.0 Å². The van der Waals surface area contributed by atoms with Crippen LogP contribution in [0.5, 0.6) is 0 Å². The monoisotopic (exact) mass is 375 g/mol. The van der Waals surface area contributed by atoms with Crippen molar-refractivity contribution in [3.05, 3.63) is 52.9 Å². The summed E-state index contributed by atoms with van der Waals surface area (Å²) in [5, 5.41) is 5.93. The van der Waals surface area contributed by atoms with E-state index >= 15 is 0 Å². The first-order valence-corrected chi connectivity index (χ1v) is 8.51. The minimum Gasteiger partial charge on any atom is -0.459 e. The SMILES string of the molecule is Cc1ccc(Cl)cc1NC(=O)C[C@@H]1C(=O)NCCN1C(=O)c1ccco1. The lowest BCUT2D eigenvalue weighted by Gasteiger charge is -2.34. The lowest BCUT2D eigenvalue weighted by molar-refractivity contribution is -0.131. The van der Waals surface area contributed by atoms with Gasteiger partial charge in [-0.1, -0.05) is 17.7 Å². The Morgan fingerprint density at radius 3 is 2.92 bits per heavy atom. The molecule has 0 spiro atoms. The van der Waals surface area contributed by atoms with Crippen molar-refractivity contribution in [1.82, 2.24) is 10.2 Å². The van der Waals surface area contributed by atoms with Gasteiger partial charge < -0.3 is 20.0 Å². The van der Waals surface area contributed by atoms with E-state index in [9.17, 15) is 14.4 Å². The molecule has 3 rings (SSSR count). The quantitative estimate of drug-likeness (QED) is 0.857. The van der Waals surface area contributed by atoms with Gasteiger partial charge in [0, 0.05) is 23.8 Å². The van der Waals surface area contributed by atoms with E-state index in [1.165, 1.54) is 17.2 Å². The van der Waals surface area contributed by atoms with Gasteiger partial charge in [0.25, 0.3) is 5.91 Å². The molecule has 1 fully saturated rings. The van der Waals surface area contributed by atoms with Gasteiger partial charge in [0.1, 0.15) is 6.04 Å². The number of hydrogen-bond acceptors (Lipinski definition) is 4. The lowest BCUT2D eigenvalue weighted by Crippen LogP contribution is -2.58. The largest absolute Gasteiger partial charge is 0.459 e. The van der Waals surface area contributed by atoms with Gasteiger partial charge in [0.05, 0.1) is 12.7 Å². The van der Waals surface area contributed by atoms with Gasteiger partial charge in [0.2, 0.25) is 11.8 Å². The minimum absolute atomic E-state index is 0.135. The molecule has 1 aliphatic rings. The van der Waals surface area contributed by atoms with Crippen molar-refractivity contribution in [2.45, 2.75) is 19.4 Å². The molecular weight excluding hydrogens is 358 g/mol. The third-order valence-electron chi connectivity index (χ3n) is 4.18. The second-order valence-electron chi connectivity index (χ2n) is 5.99. The van der Waals surface area contributed by atoms with Crippen molar-refractivity contribution < 1.29 is 18.8 Å². The number of nitrogens with zero attached hydrogens (tertiary/aromatic N) is 1. The summed E-state index contributed by atoms with van der Waals surface area (Å²) in [4.78, 5) is 38.6. The number of carbonyl (C=O) groups is 3. The fourth-order valence-corrected chi connectivity index (χ4v) is 2.98. The number of piperazine rings is 1. The highest BCUT2D eigenvalue weighted by Gasteiger charge is 2.36. The van der Waals surface area contributed by atoms with Gasteiger partial charge in [-0.25, -0.2) is 0 Å². The van der Waals surface area contributed by atoms with Crippen LogP contribution in [0.4, 0.5) is 5.69 Å². The molecule has 1 aliphatic heterocycles. The van der Waals surface area contributed by atoms with Crippen molar-refractivity contribution in [2.75, 3.05) is 18.4 Å². The zero-order chi connectivity index (χ0) is 18.7. The van der Waals surface area contributed by atoms with E-state index in [0.717, 1.165) is 5.56 Å². The fourth-order valence-electron chi connectivity index (χ4n) is 2.81. The van der Waals surface area contributed by atoms with E-state index in [1.54, 1.807) is 24.3 Å². The van der Waals surface area contributed by atoms with Gasteiger partial charge in [-0.2, -0.15) is 0 Å². The molecule has 2 N–H and O–H groups in total. The molecule has 1 aromatic carbocycles. The molecule has 26 heavy (non-hydrogen) atoms. The highest BCUT2D eigenvalue weighted by atomic mass is 35.5. The average Bonchev–Trinajstić information content (AvgIpc) is 3.14. The Morgan fingerprint density at radius 1 is 1.38 bits per heavy atom. The highest BCUT2D eigenvalue weighted by Crippen LogP contribution is 2.21. The first-order valence-electron chi connectivity index (χ1n) is 8.14. The number of halogens is 1. The molecule has 7 nitrogen and oxygen atoms in total. The van der Waals surface area contributed by atoms with Crippen LogP contribution in [-0.4, -0.2) is 41.8 Å². The summed E-state index contributed by atoms with van der Waals surface area (Å²) in [6, 6.07) is 7.38. The van der Waals surface area contributed by atoms with Crippen molar-refractivity contribution in [2.24, 2.45) is 0 Å². The molecule has 8 heteroatoms. The van der Waals surface area contributed by atoms with Gasteiger partial charge >= 0.3 is 0 Å². The van der Waals surface area contributed by atoms with Crippen LogP contribution in [0.1, 0.15) is 22.5 Å². The molecule has 0 aliphatic carbocycles. The van der Waals surface area contributed by atoms with Gasteiger partial charge in [-0.15, -0.1) is 0 Å². The molecule has 3 amide bonds. The number of furan rings is 1. The molecule has 1 atom stereocenters. The molecule has 0 saturated carbocycles. The van der Waals surface area contributed by atoms with Crippen molar-refractivity contribution >= 4 is 35.0 Å². The number of rotatable bonds is 4. The maximum Gasteiger partial charge on any atom is 0.290 e. The number of carbonyl (C=O) groups excluding carboxylic acids is 3. The Kier molecular flexibility index (Phi) is 5.27. The van der Waals surface area contributed by atoms with Crippen LogP contribution in [0, 0.1) is 6.92 Å². The summed E-state index contributed by atoms with van der Waals surface area (Å²) in [5.41, 5.74) is 1.42. The standard InChI is InChI=1S/C18H18ClN3O4/c1-11-4-5-12(19)9-13(11)21-16(23)10-14-17(24)20-6-7-22(14)18(25)15-3-2-8-26-15/h2-5,8-9,14H,6-7,10H2,1H3,(H,20,24)(H,21,23)/t14-/m1/s1. The van der Waals surface area contributed by atoms with Crippen molar-refractivity contribution in [1.29, 1.82) is 0 Å². The summed E-state index contributed by atoms with van der Waals surface area (Å²) >= 11 is 5.96. The molecule has 0 bridgehead atoms. The fraction of sp³-hybridized carbons (Fsp3) is 0.278. The third kappa shape index (κ3) is 3.88. The molecule has 0 unspecified atom stereocenters. The smallest absolute Gasteiger partial charge is 0.290 e. The number of amides is 3. The second-order valence-corrected chi connectivity index (χ2v) is 6.43.